The molecule has 1 aliphatic rings. The summed E-state index contributed by atoms with van der Waals surface area (Å²) >= 11 is 0. The van der Waals surface area contributed by atoms with Gasteiger partial charge in [-0.25, -0.2) is 0 Å². The van der Waals surface area contributed by atoms with Crippen molar-refractivity contribution in [1.82, 2.24) is 20.4 Å². The molecule has 0 radical (unpaired) electrons. The minimum atomic E-state index is 0.0657. The fourth-order valence-electron chi connectivity index (χ4n) is 3.11. The van der Waals surface area contributed by atoms with Crippen molar-refractivity contribution in [2.24, 2.45) is 13.0 Å². The van der Waals surface area contributed by atoms with Gasteiger partial charge in [-0.15, -0.1) is 0 Å². The molecule has 1 aliphatic heterocycles. The highest BCUT2D eigenvalue weighted by Gasteiger charge is 2.24. The molecule has 0 aliphatic carbocycles. The molecule has 21 heavy (non-hydrogen) atoms. The number of anilines is 1. The first kappa shape index (κ1) is 15.8. The zero-order valence-corrected chi connectivity index (χ0v) is 13.6. The molecule has 1 aromatic heterocycles. The van der Waals surface area contributed by atoms with E-state index in [1.807, 2.05) is 18.8 Å². The molecular weight excluding hydrogens is 266 g/mol. The Morgan fingerprint density at radius 3 is 2.62 bits per heavy atom. The number of aryl methyl sites for hydroxylation is 2. The van der Waals surface area contributed by atoms with Gasteiger partial charge in [0.15, 0.2) is 0 Å². The van der Waals surface area contributed by atoms with Crippen LogP contribution in [0.3, 0.4) is 0 Å². The number of nitrogens with zero attached hydrogens (tertiary/aromatic N) is 3. The molecule has 0 spiro atoms. The lowest BCUT2D eigenvalue weighted by Crippen LogP contribution is -2.39. The Labute approximate surface area is 126 Å². The SMILES string of the molecule is CNCc1c(C)nn(C)c1N1CCC(CNC(C)=O)CC1. The largest absolute Gasteiger partial charge is 0.357 e. The number of nitrogens with one attached hydrogen (secondary N) is 2. The zero-order chi connectivity index (χ0) is 15.4. The van der Waals surface area contributed by atoms with Crippen LogP contribution in [0.1, 0.15) is 31.0 Å². The predicted molar refractivity (Wildman–Crippen MR) is 84.3 cm³/mol. The van der Waals surface area contributed by atoms with Gasteiger partial charge < -0.3 is 15.5 Å². The van der Waals surface area contributed by atoms with Crippen molar-refractivity contribution in [1.29, 1.82) is 0 Å². The third-order valence-corrected chi connectivity index (χ3v) is 4.22. The summed E-state index contributed by atoms with van der Waals surface area (Å²) in [7, 11) is 3.99. The molecule has 1 saturated heterocycles. The van der Waals surface area contributed by atoms with E-state index in [2.05, 4.69) is 27.6 Å². The van der Waals surface area contributed by atoms with Crippen molar-refractivity contribution in [2.45, 2.75) is 33.2 Å². The van der Waals surface area contributed by atoms with Gasteiger partial charge in [-0.2, -0.15) is 5.10 Å². The average molecular weight is 293 g/mol. The molecule has 118 valence electrons. The van der Waals surface area contributed by atoms with E-state index in [1.54, 1.807) is 6.92 Å². The van der Waals surface area contributed by atoms with E-state index >= 15 is 0 Å². The molecule has 0 atom stereocenters. The third kappa shape index (κ3) is 3.75. The van der Waals surface area contributed by atoms with Crippen molar-refractivity contribution in [3.63, 3.8) is 0 Å². The number of carbonyl (C=O) groups excluding carboxylic acids is 1. The van der Waals surface area contributed by atoms with E-state index in [0.29, 0.717) is 5.92 Å². The highest BCUT2D eigenvalue weighted by molar-refractivity contribution is 5.72. The first-order valence-electron chi connectivity index (χ1n) is 7.69. The van der Waals surface area contributed by atoms with Crippen LogP contribution in [-0.2, 0) is 18.4 Å². The number of piperidine rings is 1. The molecule has 1 aromatic rings. The molecule has 0 unspecified atom stereocenters. The summed E-state index contributed by atoms with van der Waals surface area (Å²) in [6.45, 7) is 7.36. The fraction of sp³-hybridized carbons (Fsp3) is 0.733. The summed E-state index contributed by atoms with van der Waals surface area (Å²) in [5.41, 5.74) is 2.39. The molecule has 0 aromatic carbocycles. The molecule has 1 fully saturated rings. The van der Waals surface area contributed by atoms with Gasteiger partial charge >= 0.3 is 0 Å². The van der Waals surface area contributed by atoms with E-state index in [9.17, 15) is 4.79 Å². The Hall–Kier alpha value is -1.56. The van der Waals surface area contributed by atoms with Crippen LogP contribution in [0.15, 0.2) is 0 Å². The van der Waals surface area contributed by atoms with Crippen LogP contribution < -0.4 is 15.5 Å². The highest BCUT2D eigenvalue weighted by atomic mass is 16.1. The van der Waals surface area contributed by atoms with Crippen LogP contribution in [0.2, 0.25) is 0 Å². The Morgan fingerprint density at radius 2 is 2.05 bits per heavy atom. The van der Waals surface area contributed by atoms with E-state index in [0.717, 1.165) is 44.7 Å². The maximum absolute atomic E-state index is 11.0. The molecule has 2 N–H and O–H groups in total. The molecule has 1 amide bonds. The lowest BCUT2D eigenvalue weighted by molar-refractivity contribution is -0.119. The molecule has 0 saturated carbocycles. The minimum absolute atomic E-state index is 0.0657. The van der Waals surface area contributed by atoms with Crippen LogP contribution >= 0.6 is 0 Å². The molecule has 2 rings (SSSR count). The summed E-state index contributed by atoms with van der Waals surface area (Å²) in [6, 6.07) is 0. The van der Waals surface area contributed by atoms with Gasteiger partial charge in [-0.3, -0.25) is 9.48 Å². The number of amides is 1. The second-order valence-corrected chi connectivity index (χ2v) is 5.91. The van der Waals surface area contributed by atoms with Gasteiger partial charge in [-0.1, -0.05) is 0 Å². The normalized spacial score (nSPS) is 16.3. The Balaban J connectivity index is 2.00. The number of hydrogen-bond acceptors (Lipinski definition) is 4. The van der Waals surface area contributed by atoms with Crippen LogP contribution in [0, 0.1) is 12.8 Å². The first-order chi connectivity index (χ1) is 10.0. The number of carbonyl (C=O) groups is 1. The van der Waals surface area contributed by atoms with Crippen LogP contribution in [0.4, 0.5) is 5.82 Å². The van der Waals surface area contributed by atoms with Gasteiger partial charge in [-0.05, 0) is 32.7 Å². The van der Waals surface area contributed by atoms with Gasteiger partial charge in [0, 0.05) is 45.7 Å². The van der Waals surface area contributed by atoms with E-state index in [4.69, 9.17) is 0 Å². The quantitative estimate of drug-likeness (QED) is 0.843. The van der Waals surface area contributed by atoms with Gasteiger partial charge in [0.25, 0.3) is 0 Å². The molecular formula is C15H27N5O. The number of rotatable bonds is 5. The maximum atomic E-state index is 11.0. The van der Waals surface area contributed by atoms with Crippen molar-refractivity contribution in [3.05, 3.63) is 11.3 Å². The van der Waals surface area contributed by atoms with Crippen LogP contribution in [0.25, 0.3) is 0 Å². The third-order valence-electron chi connectivity index (χ3n) is 4.22. The maximum Gasteiger partial charge on any atom is 0.216 e. The molecule has 6 nitrogen and oxygen atoms in total. The summed E-state index contributed by atoms with van der Waals surface area (Å²) in [5, 5.41) is 10.7. The van der Waals surface area contributed by atoms with E-state index < -0.39 is 0 Å². The number of hydrogen-bond donors (Lipinski definition) is 2. The Bertz CT molecular complexity index is 488. The van der Waals surface area contributed by atoms with Gasteiger partial charge in [0.1, 0.15) is 5.82 Å². The van der Waals surface area contributed by atoms with Crippen molar-refractivity contribution < 1.29 is 4.79 Å². The zero-order valence-electron chi connectivity index (χ0n) is 13.6. The second kappa shape index (κ2) is 6.93. The van der Waals surface area contributed by atoms with Crippen LogP contribution in [-0.4, -0.2) is 42.4 Å². The van der Waals surface area contributed by atoms with Gasteiger partial charge in [0.2, 0.25) is 5.91 Å². The monoisotopic (exact) mass is 293 g/mol. The Kier molecular flexibility index (Phi) is 5.22. The van der Waals surface area contributed by atoms with Crippen molar-refractivity contribution >= 4 is 11.7 Å². The number of aromatic nitrogens is 2. The van der Waals surface area contributed by atoms with Crippen molar-refractivity contribution in [2.75, 3.05) is 31.6 Å². The summed E-state index contributed by atoms with van der Waals surface area (Å²) in [5.74, 6) is 1.89. The van der Waals surface area contributed by atoms with Crippen molar-refractivity contribution in [3.8, 4) is 0 Å². The highest BCUT2D eigenvalue weighted by Crippen LogP contribution is 2.27. The minimum Gasteiger partial charge on any atom is -0.357 e. The topological polar surface area (TPSA) is 62.2 Å². The fourth-order valence-corrected chi connectivity index (χ4v) is 3.11. The summed E-state index contributed by atoms with van der Waals surface area (Å²) < 4.78 is 2.00. The lowest BCUT2D eigenvalue weighted by Gasteiger charge is -2.34. The van der Waals surface area contributed by atoms with Crippen LogP contribution in [0.5, 0.6) is 0 Å². The smallest absolute Gasteiger partial charge is 0.216 e. The first-order valence-corrected chi connectivity index (χ1v) is 7.69. The van der Waals surface area contributed by atoms with Gasteiger partial charge in [0.05, 0.1) is 5.69 Å². The lowest BCUT2D eigenvalue weighted by atomic mass is 9.96. The predicted octanol–water partition coefficient (Wildman–Crippen LogP) is 0.800. The second-order valence-electron chi connectivity index (χ2n) is 5.91. The summed E-state index contributed by atoms with van der Waals surface area (Å²) in [4.78, 5) is 13.4. The molecule has 6 heteroatoms. The summed E-state index contributed by atoms with van der Waals surface area (Å²) in [6.07, 6.45) is 2.23. The molecule has 2 heterocycles. The van der Waals surface area contributed by atoms with E-state index in [1.165, 1.54) is 11.4 Å². The average Bonchev–Trinajstić information content (AvgIpc) is 2.72. The standard InChI is InChI=1S/C15H27N5O/c1-11-14(10-16-3)15(19(4)18-11)20-7-5-13(6-8-20)9-17-12(2)21/h13,16H,5-10H2,1-4H3,(H,17,21). The molecule has 0 bridgehead atoms. The van der Waals surface area contributed by atoms with E-state index in [-0.39, 0.29) is 5.91 Å². The Morgan fingerprint density at radius 1 is 1.38 bits per heavy atom.